The number of thiophene rings is 1. The Hall–Kier alpha value is -0.880. The highest BCUT2D eigenvalue weighted by Crippen LogP contribution is 2.32. The van der Waals surface area contributed by atoms with Gasteiger partial charge in [-0.15, -0.1) is 11.3 Å². The maximum absolute atomic E-state index is 12.0. The molecule has 0 spiro atoms. The zero-order valence-corrected chi connectivity index (χ0v) is 12.1. The van der Waals surface area contributed by atoms with Gasteiger partial charge in [-0.3, -0.25) is 9.59 Å². The Morgan fingerprint density at radius 2 is 2.17 bits per heavy atom. The van der Waals surface area contributed by atoms with Crippen molar-refractivity contribution in [2.45, 2.75) is 25.8 Å². The van der Waals surface area contributed by atoms with E-state index in [9.17, 15) is 9.59 Å². The van der Waals surface area contributed by atoms with E-state index in [-0.39, 0.29) is 11.8 Å². The third kappa shape index (κ3) is 3.11. The molecule has 1 aliphatic rings. The van der Waals surface area contributed by atoms with Crippen LogP contribution in [0.3, 0.4) is 0 Å². The van der Waals surface area contributed by atoms with Crippen molar-refractivity contribution in [3.8, 4) is 0 Å². The minimum atomic E-state index is -0.855. The van der Waals surface area contributed by atoms with Gasteiger partial charge in [-0.2, -0.15) is 0 Å². The fourth-order valence-corrected chi connectivity index (χ4v) is 3.71. The molecule has 6 heteroatoms. The molecule has 1 aliphatic carbocycles. The Morgan fingerprint density at radius 3 is 2.78 bits per heavy atom. The average molecular weight is 332 g/mol. The van der Waals surface area contributed by atoms with E-state index in [0.717, 1.165) is 15.8 Å². The highest BCUT2D eigenvalue weighted by atomic mass is 79.9. The minimum Gasteiger partial charge on any atom is -0.481 e. The topological polar surface area (TPSA) is 66.4 Å². The molecule has 0 aliphatic heterocycles. The van der Waals surface area contributed by atoms with E-state index in [1.807, 2.05) is 11.4 Å². The first-order chi connectivity index (χ1) is 8.58. The molecule has 2 atom stereocenters. The summed E-state index contributed by atoms with van der Waals surface area (Å²) in [4.78, 5) is 24.0. The molecule has 2 N–H and O–H groups in total. The number of carboxylic acids is 1. The zero-order valence-electron chi connectivity index (χ0n) is 9.69. The van der Waals surface area contributed by atoms with Crippen molar-refractivity contribution in [1.82, 2.24) is 5.32 Å². The van der Waals surface area contributed by atoms with Gasteiger partial charge in [0.2, 0.25) is 5.91 Å². The predicted octanol–water partition coefficient (Wildman–Crippen LogP) is 2.63. The summed E-state index contributed by atoms with van der Waals surface area (Å²) in [6, 6.07) is 1.95. The second-order valence-corrected chi connectivity index (χ2v) is 6.34. The Bertz CT molecular complexity index is 460. The molecular weight excluding hydrogens is 318 g/mol. The highest BCUT2D eigenvalue weighted by Gasteiger charge is 2.37. The van der Waals surface area contributed by atoms with Gasteiger partial charge in [-0.25, -0.2) is 0 Å². The van der Waals surface area contributed by atoms with Crippen molar-refractivity contribution >= 4 is 39.1 Å². The third-order valence-electron chi connectivity index (χ3n) is 3.23. The van der Waals surface area contributed by atoms with Crippen LogP contribution >= 0.6 is 27.3 Å². The average Bonchev–Trinajstić information content (AvgIpc) is 2.94. The lowest BCUT2D eigenvalue weighted by molar-refractivity contribution is -0.146. The molecule has 4 nitrogen and oxygen atoms in total. The van der Waals surface area contributed by atoms with Gasteiger partial charge in [0, 0.05) is 14.7 Å². The number of carbonyl (C=O) groups excluding carboxylic acids is 1. The largest absolute Gasteiger partial charge is 0.481 e. The quantitative estimate of drug-likeness (QED) is 0.891. The number of hydrogen-bond donors (Lipinski definition) is 2. The summed E-state index contributed by atoms with van der Waals surface area (Å²) < 4.78 is 1.00. The number of halogens is 1. The summed E-state index contributed by atoms with van der Waals surface area (Å²) in [7, 11) is 0. The summed E-state index contributed by atoms with van der Waals surface area (Å²) in [6.07, 6.45) is 2.11. The van der Waals surface area contributed by atoms with E-state index in [0.29, 0.717) is 19.4 Å². The number of aliphatic carboxylic acids is 1. The van der Waals surface area contributed by atoms with Crippen molar-refractivity contribution in [1.29, 1.82) is 0 Å². The van der Waals surface area contributed by atoms with Gasteiger partial charge >= 0.3 is 5.97 Å². The van der Waals surface area contributed by atoms with Crippen molar-refractivity contribution < 1.29 is 14.7 Å². The van der Waals surface area contributed by atoms with Gasteiger partial charge in [0.05, 0.1) is 18.4 Å². The molecule has 2 unspecified atom stereocenters. The van der Waals surface area contributed by atoms with Gasteiger partial charge < -0.3 is 10.4 Å². The number of amides is 1. The van der Waals surface area contributed by atoms with Gasteiger partial charge in [0.15, 0.2) is 0 Å². The standard InChI is InChI=1S/C12H14BrNO3S/c13-7-4-8(18-6-7)5-14-11(15)9-2-1-3-10(9)12(16)17/h4,6,9-10H,1-3,5H2,(H,14,15)(H,16,17). The first-order valence-corrected chi connectivity index (χ1v) is 7.48. The van der Waals surface area contributed by atoms with E-state index in [2.05, 4.69) is 21.2 Å². The molecule has 0 bridgehead atoms. The number of rotatable bonds is 4. The normalized spacial score (nSPS) is 22.9. The van der Waals surface area contributed by atoms with Gasteiger partial charge in [-0.1, -0.05) is 6.42 Å². The van der Waals surface area contributed by atoms with Gasteiger partial charge in [0.25, 0.3) is 0 Å². The molecule has 1 amide bonds. The van der Waals surface area contributed by atoms with Crippen molar-refractivity contribution in [2.24, 2.45) is 11.8 Å². The molecule has 1 aromatic rings. The van der Waals surface area contributed by atoms with Crippen LogP contribution in [0.4, 0.5) is 0 Å². The molecule has 98 valence electrons. The number of nitrogens with one attached hydrogen (secondary N) is 1. The highest BCUT2D eigenvalue weighted by molar-refractivity contribution is 9.10. The van der Waals surface area contributed by atoms with E-state index in [1.165, 1.54) is 0 Å². The Labute approximate surface area is 118 Å². The van der Waals surface area contributed by atoms with Crippen LogP contribution in [-0.2, 0) is 16.1 Å². The fraction of sp³-hybridized carbons (Fsp3) is 0.500. The van der Waals surface area contributed by atoms with Crippen LogP contribution in [0.2, 0.25) is 0 Å². The Morgan fingerprint density at radius 1 is 1.44 bits per heavy atom. The van der Waals surface area contributed by atoms with Crippen molar-refractivity contribution in [2.75, 3.05) is 0 Å². The van der Waals surface area contributed by atoms with E-state index >= 15 is 0 Å². The molecule has 18 heavy (non-hydrogen) atoms. The van der Waals surface area contributed by atoms with Crippen LogP contribution < -0.4 is 5.32 Å². The molecule has 1 heterocycles. The molecule has 2 rings (SSSR count). The lowest BCUT2D eigenvalue weighted by Crippen LogP contribution is -2.34. The summed E-state index contributed by atoms with van der Waals surface area (Å²) >= 11 is 4.92. The number of hydrogen-bond acceptors (Lipinski definition) is 3. The fourth-order valence-electron chi connectivity index (χ4n) is 2.32. The van der Waals surface area contributed by atoms with Crippen LogP contribution in [0, 0.1) is 11.8 Å². The molecule has 0 aromatic carbocycles. The number of carbonyl (C=O) groups is 2. The van der Waals surface area contributed by atoms with E-state index in [1.54, 1.807) is 11.3 Å². The van der Waals surface area contributed by atoms with Crippen molar-refractivity contribution in [3.63, 3.8) is 0 Å². The summed E-state index contributed by atoms with van der Waals surface area (Å²) in [6.45, 7) is 0.470. The first kappa shape index (κ1) is 13.5. The lowest BCUT2D eigenvalue weighted by Gasteiger charge is -2.15. The minimum absolute atomic E-state index is 0.135. The van der Waals surface area contributed by atoms with Crippen LogP contribution in [0.5, 0.6) is 0 Å². The second-order valence-electron chi connectivity index (χ2n) is 4.43. The molecule has 0 saturated heterocycles. The molecule has 0 radical (unpaired) electrons. The van der Waals surface area contributed by atoms with Crippen LogP contribution in [-0.4, -0.2) is 17.0 Å². The van der Waals surface area contributed by atoms with Crippen LogP contribution in [0.1, 0.15) is 24.1 Å². The van der Waals surface area contributed by atoms with Gasteiger partial charge in [0.1, 0.15) is 0 Å². The maximum Gasteiger partial charge on any atom is 0.307 e. The molecule has 1 aromatic heterocycles. The summed E-state index contributed by atoms with van der Waals surface area (Å²) in [5, 5.41) is 13.8. The Kier molecular flexibility index (Phi) is 4.40. The Balaban J connectivity index is 1.89. The van der Waals surface area contributed by atoms with Crippen LogP contribution in [0.25, 0.3) is 0 Å². The maximum atomic E-state index is 12.0. The van der Waals surface area contributed by atoms with E-state index in [4.69, 9.17) is 5.11 Å². The van der Waals surface area contributed by atoms with Crippen LogP contribution in [0.15, 0.2) is 15.9 Å². The first-order valence-electron chi connectivity index (χ1n) is 5.81. The SMILES string of the molecule is O=C(O)C1CCCC1C(=O)NCc1cc(Br)cs1. The van der Waals surface area contributed by atoms with E-state index < -0.39 is 11.9 Å². The molecule has 1 fully saturated rings. The zero-order chi connectivity index (χ0) is 13.1. The van der Waals surface area contributed by atoms with Crippen molar-refractivity contribution in [3.05, 3.63) is 20.8 Å². The van der Waals surface area contributed by atoms with Gasteiger partial charge in [-0.05, 0) is 34.8 Å². The second kappa shape index (κ2) is 5.84. The summed E-state index contributed by atoms with van der Waals surface area (Å²) in [5.41, 5.74) is 0. The smallest absolute Gasteiger partial charge is 0.307 e. The number of carboxylic acid groups (broad SMARTS) is 1. The molecular formula is C12H14BrNO3S. The third-order valence-corrected chi connectivity index (χ3v) is 4.93. The monoisotopic (exact) mass is 331 g/mol. The molecule has 1 saturated carbocycles. The summed E-state index contributed by atoms with van der Waals surface area (Å²) in [5.74, 6) is -1.87. The predicted molar refractivity (Wildman–Crippen MR) is 72.3 cm³/mol. The lowest BCUT2D eigenvalue weighted by atomic mass is 9.95.